The molecule has 0 radical (unpaired) electrons. The molecule has 0 saturated carbocycles. The number of allylic oxidation sites excluding steroid dienone is 8. The summed E-state index contributed by atoms with van der Waals surface area (Å²) in [7, 11) is 0. The first-order valence-corrected chi connectivity index (χ1v) is 11.3. The van der Waals surface area contributed by atoms with Gasteiger partial charge in [-0.15, -0.1) is 0 Å². The van der Waals surface area contributed by atoms with E-state index in [1.807, 2.05) is 0 Å². The van der Waals surface area contributed by atoms with Gasteiger partial charge < -0.3 is 24.8 Å². The van der Waals surface area contributed by atoms with Crippen LogP contribution in [0.15, 0.2) is 90.5 Å². The molecule has 0 aromatic heterocycles. The van der Waals surface area contributed by atoms with Gasteiger partial charge in [0.25, 0.3) is 0 Å². The fraction of sp³-hybridized carbons (Fsp3) is 0.167. The average molecular weight is 473 g/mol. The fourth-order valence-electron chi connectivity index (χ4n) is 3.60. The predicted molar refractivity (Wildman–Crippen MR) is 103 cm³/mol. The zero-order valence-corrected chi connectivity index (χ0v) is 19.6. The molecule has 0 N–H and O–H groups in total. The van der Waals surface area contributed by atoms with E-state index in [-0.39, 0.29) is 24.8 Å². The third-order valence-electron chi connectivity index (χ3n) is 5.06. The molecule has 2 aromatic rings. The van der Waals surface area contributed by atoms with E-state index < -0.39 is 23.2 Å². The first-order valence-electron chi connectivity index (χ1n) is 8.89. The van der Waals surface area contributed by atoms with E-state index in [4.69, 9.17) is 0 Å². The molecule has 0 heterocycles. The maximum atomic E-state index is 2.42. The molecule has 4 rings (SSSR count). The van der Waals surface area contributed by atoms with Crippen LogP contribution in [0.25, 0.3) is 11.1 Å². The third kappa shape index (κ3) is 5.02. The largest absolute Gasteiger partial charge is 1.00 e. The van der Waals surface area contributed by atoms with Crippen molar-refractivity contribution in [2.75, 3.05) is 0 Å². The number of rotatable bonds is 4. The first-order chi connectivity index (χ1) is 12.2. The Balaban J connectivity index is 0.00000131. The van der Waals surface area contributed by atoms with E-state index >= 15 is 0 Å². The van der Waals surface area contributed by atoms with Crippen LogP contribution in [-0.2, 0) is 23.2 Å². The summed E-state index contributed by atoms with van der Waals surface area (Å²) in [6, 6.07) is 21.7. The van der Waals surface area contributed by atoms with Crippen LogP contribution in [0.2, 0.25) is 0 Å². The Bertz CT molecular complexity index is 842. The molecule has 2 aliphatic rings. The first kappa shape index (κ1) is 22.2. The summed E-state index contributed by atoms with van der Waals surface area (Å²) < 4.78 is 3.50. The van der Waals surface area contributed by atoms with E-state index in [1.165, 1.54) is 46.3 Å². The van der Waals surface area contributed by atoms with Crippen molar-refractivity contribution in [2.24, 2.45) is 0 Å². The fourth-order valence-corrected chi connectivity index (χ4v) is 7.19. The van der Waals surface area contributed by atoms with Crippen molar-refractivity contribution in [1.82, 2.24) is 0 Å². The molecule has 2 aromatic carbocycles. The Morgan fingerprint density at radius 2 is 0.963 bits per heavy atom. The van der Waals surface area contributed by atoms with Crippen LogP contribution < -0.4 is 24.8 Å². The summed E-state index contributed by atoms with van der Waals surface area (Å²) in [6.07, 6.45) is 7.17. The van der Waals surface area contributed by atoms with Crippen LogP contribution in [0, 0.1) is 0 Å². The van der Waals surface area contributed by atoms with Crippen LogP contribution in [0.1, 0.15) is 37.8 Å². The second-order valence-corrected chi connectivity index (χ2v) is 10.5. The van der Waals surface area contributed by atoms with Crippen LogP contribution in [0.4, 0.5) is 0 Å². The van der Waals surface area contributed by atoms with Crippen LogP contribution in [-0.4, -0.2) is 0 Å². The van der Waals surface area contributed by atoms with Gasteiger partial charge in [-0.25, -0.2) is 0 Å². The smallest absolute Gasteiger partial charge is 1.00 e. The normalized spacial score (nSPS) is 15.6. The molecule has 2 aliphatic carbocycles. The number of hydrogen-bond donors (Lipinski definition) is 0. The minimum absolute atomic E-state index is 0. The summed E-state index contributed by atoms with van der Waals surface area (Å²) in [6.45, 7) is 4.62. The molecule has 0 saturated heterocycles. The Kier molecular flexibility index (Phi) is 8.10. The number of hydrogen-bond acceptors (Lipinski definition) is 0. The van der Waals surface area contributed by atoms with E-state index in [1.54, 1.807) is 6.56 Å². The molecule has 0 aliphatic heterocycles. The molecule has 0 atom stereocenters. The maximum Gasteiger partial charge on any atom is -1.00 e. The van der Waals surface area contributed by atoms with Gasteiger partial charge in [0.2, 0.25) is 0 Å². The van der Waals surface area contributed by atoms with Gasteiger partial charge in [-0.2, -0.15) is 0 Å². The summed E-state index contributed by atoms with van der Waals surface area (Å²) in [5, 5.41) is 0. The molecular formula is C24H22Cl2Zr. The van der Waals surface area contributed by atoms with Gasteiger partial charge in [0.15, 0.2) is 0 Å². The van der Waals surface area contributed by atoms with Gasteiger partial charge >= 0.3 is 163 Å². The van der Waals surface area contributed by atoms with Crippen LogP contribution in [0.5, 0.6) is 0 Å². The van der Waals surface area contributed by atoms with Gasteiger partial charge in [-0.1, -0.05) is 0 Å². The summed E-state index contributed by atoms with van der Waals surface area (Å²) in [5.74, 6) is 0. The quantitative estimate of drug-likeness (QED) is 0.612. The van der Waals surface area contributed by atoms with E-state index in [2.05, 4.69) is 86.7 Å². The van der Waals surface area contributed by atoms with Gasteiger partial charge in [0.1, 0.15) is 0 Å². The second-order valence-electron chi connectivity index (χ2n) is 6.87. The molecule has 0 unspecified atom stereocenters. The van der Waals surface area contributed by atoms with Crippen LogP contribution >= 0.6 is 0 Å². The van der Waals surface area contributed by atoms with Crippen molar-refractivity contribution in [1.29, 1.82) is 0 Å². The topological polar surface area (TPSA) is 0 Å². The monoisotopic (exact) mass is 470 g/mol. The summed E-state index contributed by atoms with van der Waals surface area (Å²) in [5.41, 5.74) is 8.83. The predicted octanol–water partition coefficient (Wildman–Crippen LogP) is 0.600. The Hall–Kier alpha value is -1.14. The molecule has 3 heteroatoms. The molecule has 0 fully saturated rings. The van der Waals surface area contributed by atoms with E-state index in [9.17, 15) is 0 Å². The minimum atomic E-state index is -0.675. The minimum Gasteiger partial charge on any atom is -1.00 e. The van der Waals surface area contributed by atoms with Crippen LogP contribution in [0.3, 0.4) is 0 Å². The second kappa shape index (κ2) is 9.88. The molecule has 0 amide bonds. The molecule has 27 heavy (non-hydrogen) atoms. The number of benzene rings is 2. The Labute approximate surface area is 186 Å². The Morgan fingerprint density at radius 1 is 0.593 bits per heavy atom. The van der Waals surface area contributed by atoms with E-state index in [0.29, 0.717) is 0 Å². The number of halogens is 2. The van der Waals surface area contributed by atoms with Gasteiger partial charge in [0, 0.05) is 0 Å². The third-order valence-corrected chi connectivity index (χ3v) is 9.35. The van der Waals surface area contributed by atoms with E-state index in [0.717, 1.165) is 0 Å². The molecule has 136 valence electrons. The Morgan fingerprint density at radius 3 is 1.33 bits per heavy atom. The average Bonchev–Trinajstić information content (AvgIpc) is 3.20. The zero-order valence-electron chi connectivity index (χ0n) is 15.6. The van der Waals surface area contributed by atoms with Crippen molar-refractivity contribution in [3.63, 3.8) is 0 Å². The zero-order chi connectivity index (χ0) is 17.2. The molecular weight excluding hydrogens is 450 g/mol. The van der Waals surface area contributed by atoms with Crippen molar-refractivity contribution >= 4 is 11.1 Å². The van der Waals surface area contributed by atoms with Gasteiger partial charge in [-0.05, 0) is 0 Å². The molecule has 0 bridgehead atoms. The van der Waals surface area contributed by atoms with Crippen molar-refractivity contribution in [3.8, 4) is 0 Å². The van der Waals surface area contributed by atoms with Gasteiger partial charge in [0.05, 0.1) is 0 Å². The molecule has 0 spiro atoms. The van der Waals surface area contributed by atoms with Gasteiger partial charge in [-0.3, -0.25) is 0 Å². The summed E-state index contributed by atoms with van der Waals surface area (Å²) in [4.78, 5) is 0. The van der Waals surface area contributed by atoms with Crippen molar-refractivity contribution < 1.29 is 48.0 Å². The summed E-state index contributed by atoms with van der Waals surface area (Å²) >= 11 is -0.675. The standard InChI is InChI=1S/2C12H11.2ClH.Zr/c2*1-10-7-8-12(9-10)11-5-3-2-4-6-11;;;/h2*2-6,9H,8H2,1H3;2*1H;/q;;;;+2/p-2. The van der Waals surface area contributed by atoms with Crippen molar-refractivity contribution in [3.05, 3.63) is 102 Å². The molecule has 0 nitrogen and oxygen atoms in total. The van der Waals surface area contributed by atoms with Crippen molar-refractivity contribution in [2.45, 2.75) is 26.7 Å². The maximum absolute atomic E-state index is 2.42. The SMILES string of the molecule is CC1=[C]([Zr+2][C]2=C(C)C=C(c3ccccc3)C2)CC(c2ccccc2)=C1.[Cl-].[Cl-].